The topological polar surface area (TPSA) is 113 Å². The number of hydrogen-bond acceptors (Lipinski definition) is 6. The summed E-state index contributed by atoms with van der Waals surface area (Å²) in [5.74, 6) is 2.13. The van der Waals surface area contributed by atoms with Gasteiger partial charge in [0.15, 0.2) is 0 Å². The minimum atomic E-state index is -0.311. The Morgan fingerprint density at radius 3 is 1.71 bits per heavy atom. The van der Waals surface area contributed by atoms with Crippen LogP contribution in [0.2, 0.25) is 0 Å². The lowest BCUT2D eigenvalue weighted by molar-refractivity contribution is 0.628. The van der Waals surface area contributed by atoms with Gasteiger partial charge < -0.3 is 11.5 Å². The van der Waals surface area contributed by atoms with Gasteiger partial charge in [-0.3, -0.25) is 9.13 Å². The Bertz CT molecular complexity index is 1690. The summed E-state index contributed by atoms with van der Waals surface area (Å²) in [5, 5.41) is 0. The van der Waals surface area contributed by atoms with Crippen LogP contribution in [0.1, 0.15) is 37.6 Å². The van der Waals surface area contributed by atoms with Gasteiger partial charge >= 0.3 is 0 Å². The number of fused-ring (bicyclic) bond motifs is 2. The van der Waals surface area contributed by atoms with Gasteiger partial charge in [0.1, 0.15) is 34.9 Å². The Balaban J connectivity index is 0.000000155. The summed E-state index contributed by atoms with van der Waals surface area (Å²) in [7, 11) is 0. The third kappa shape index (κ3) is 4.86. The van der Waals surface area contributed by atoms with E-state index in [0.717, 1.165) is 11.3 Å². The van der Waals surface area contributed by atoms with Crippen LogP contribution < -0.4 is 11.5 Å². The second-order valence-electron chi connectivity index (χ2n) is 8.83. The van der Waals surface area contributed by atoms with E-state index in [-0.39, 0.29) is 23.7 Å². The van der Waals surface area contributed by atoms with Crippen molar-refractivity contribution in [3.63, 3.8) is 0 Å². The van der Waals surface area contributed by atoms with Crippen molar-refractivity contribution in [1.29, 1.82) is 0 Å². The number of hydrogen-bond donors (Lipinski definition) is 2. The number of imidazole rings is 2. The first-order chi connectivity index (χ1) is 18.3. The quantitative estimate of drug-likeness (QED) is 0.337. The van der Waals surface area contributed by atoms with Crippen LogP contribution in [0.3, 0.4) is 0 Å². The van der Waals surface area contributed by atoms with Crippen LogP contribution in [-0.2, 0) is 0 Å². The van der Waals surface area contributed by atoms with E-state index in [1.54, 1.807) is 29.1 Å². The fraction of sp³-hybridized carbons (Fsp3) is 0.143. The van der Waals surface area contributed by atoms with E-state index in [0.29, 0.717) is 34.0 Å². The van der Waals surface area contributed by atoms with Gasteiger partial charge in [-0.1, -0.05) is 12.1 Å². The van der Waals surface area contributed by atoms with E-state index in [1.165, 1.54) is 24.3 Å². The molecule has 6 aromatic rings. The van der Waals surface area contributed by atoms with Gasteiger partial charge in [-0.25, -0.2) is 28.7 Å². The lowest BCUT2D eigenvalue weighted by Gasteiger charge is -2.10. The summed E-state index contributed by atoms with van der Waals surface area (Å²) in [5.41, 5.74) is 14.7. The Hall–Kier alpha value is -4.54. The molecule has 192 valence electrons. The van der Waals surface area contributed by atoms with Crippen molar-refractivity contribution in [2.75, 3.05) is 0 Å². The number of rotatable bonds is 4. The van der Waals surface area contributed by atoms with Crippen LogP contribution in [0.15, 0.2) is 85.2 Å². The lowest BCUT2D eigenvalue weighted by Crippen LogP contribution is -2.13. The van der Waals surface area contributed by atoms with Gasteiger partial charge in [-0.15, -0.1) is 0 Å². The molecule has 0 aliphatic heterocycles. The molecule has 0 saturated heterocycles. The Morgan fingerprint density at radius 2 is 1.16 bits per heavy atom. The maximum Gasteiger partial charge on any atom is 0.138 e. The summed E-state index contributed by atoms with van der Waals surface area (Å²) in [6.45, 7) is 3.69. The van der Waals surface area contributed by atoms with E-state index < -0.39 is 0 Å². The zero-order valence-corrected chi connectivity index (χ0v) is 20.8. The third-order valence-electron chi connectivity index (χ3n) is 5.86. The monoisotopic (exact) mass is 512 g/mol. The van der Waals surface area contributed by atoms with Crippen molar-refractivity contribution in [3.05, 3.63) is 108 Å². The standard InChI is InChI=1S/2C14H13FN4/c1-9(16)14-18-11-8-10(15)5-6-12(11)19(14)13-4-2-3-7-17-13;1-9(16)14-18-11-6-5-10(15)8-12(11)19(14)13-4-2-3-7-17-13/h2*2-9H,16H2,1H3/t9-;/m0./s1. The molecule has 0 fully saturated rings. The van der Waals surface area contributed by atoms with Crippen LogP contribution in [0.4, 0.5) is 8.78 Å². The highest BCUT2D eigenvalue weighted by molar-refractivity contribution is 5.79. The summed E-state index contributed by atoms with van der Waals surface area (Å²) < 4.78 is 30.4. The molecule has 2 aromatic carbocycles. The molecule has 4 N–H and O–H groups in total. The summed E-state index contributed by atoms with van der Waals surface area (Å²) in [4.78, 5) is 17.5. The number of nitrogens with two attached hydrogens (primary N) is 2. The minimum absolute atomic E-state index is 0.266. The molecule has 0 aliphatic rings. The van der Waals surface area contributed by atoms with E-state index in [2.05, 4.69) is 19.9 Å². The fourth-order valence-electron chi connectivity index (χ4n) is 4.20. The fourth-order valence-corrected chi connectivity index (χ4v) is 4.20. The molecule has 10 heteroatoms. The highest BCUT2D eigenvalue weighted by atomic mass is 19.1. The molecule has 2 atom stereocenters. The van der Waals surface area contributed by atoms with E-state index >= 15 is 0 Å². The number of benzene rings is 2. The van der Waals surface area contributed by atoms with E-state index in [9.17, 15) is 8.78 Å². The van der Waals surface area contributed by atoms with Crippen molar-refractivity contribution in [1.82, 2.24) is 29.1 Å². The molecule has 0 bridgehead atoms. The maximum absolute atomic E-state index is 13.4. The highest BCUT2D eigenvalue weighted by Crippen LogP contribution is 2.25. The van der Waals surface area contributed by atoms with Crippen LogP contribution in [0.5, 0.6) is 0 Å². The normalized spacial score (nSPS) is 12.8. The Morgan fingerprint density at radius 1 is 0.632 bits per heavy atom. The number of aromatic nitrogens is 6. The van der Waals surface area contributed by atoms with Crippen LogP contribution in [-0.4, -0.2) is 29.1 Å². The largest absolute Gasteiger partial charge is 0.322 e. The zero-order valence-electron chi connectivity index (χ0n) is 20.8. The van der Waals surface area contributed by atoms with Crippen LogP contribution in [0.25, 0.3) is 33.7 Å². The predicted molar refractivity (Wildman–Crippen MR) is 143 cm³/mol. The minimum Gasteiger partial charge on any atom is -0.322 e. The van der Waals surface area contributed by atoms with Gasteiger partial charge in [0, 0.05) is 24.5 Å². The second-order valence-corrected chi connectivity index (χ2v) is 8.83. The Labute approximate surface area is 217 Å². The van der Waals surface area contributed by atoms with E-state index in [4.69, 9.17) is 11.5 Å². The average Bonchev–Trinajstić information content (AvgIpc) is 3.48. The van der Waals surface area contributed by atoms with Crippen molar-refractivity contribution in [2.45, 2.75) is 25.9 Å². The molecular weight excluding hydrogens is 486 g/mol. The molecule has 0 spiro atoms. The predicted octanol–water partition coefficient (Wildman–Crippen LogP) is 5.16. The second kappa shape index (κ2) is 10.4. The molecule has 0 radical (unpaired) electrons. The van der Waals surface area contributed by atoms with Gasteiger partial charge in [-0.2, -0.15) is 0 Å². The highest BCUT2D eigenvalue weighted by Gasteiger charge is 2.17. The molecule has 1 unspecified atom stereocenters. The molecule has 4 aromatic heterocycles. The number of nitrogens with zero attached hydrogens (tertiary/aromatic N) is 6. The van der Waals surface area contributed by atoms with E-state index in [1.807, 2.05) is 54.8 Å². The van der Waals surface area contributed by atoms with Crippen molar-refractivity contribution < 1.29 is 8.78 Å². The molecule has 8 nitrogen and oxygen atoms in total. The molecular formula is C28H26F2N8. The number of pyridine rings is 2. The molecule has 0 aliphatic carbocycles. The lowest BCUT2D eigenvalue weighted by atomic mass is 10.3. The first-order valence-electron chi connectivity index (χ1n) is 12.0. The molecule has 6 rings (SSSR count). The van der Waals surface area contributed by atoms with Crippen molar-refractivity contribution >= 4 is 22.1 Å². The van der Waals surface area contributed by atoms with Crippen molar-refractivity contribution in [2.24, 2.45) is 11.5 Å². The van der Waals surface area contributed by atoms with Crippen LogP contribution in [0, 0.1) is 11.6 Å². The molecule has 0 amide bonds. The average molecular weight is 513 g/mol. The summed E-state index contributed by atoms with van der Waals surface area (Å²) in [6.07, 6.45) is 3.39. The zero-order chi connectivity index (χ0) is 26.8. The van der Waals surface area contributed by atoms with Gasteiger partial charge in [0.2, 0.25) is 0 Å². The first kappa shape index (κ1) is 25.1. The first-order valence-corrected chi connectivity index (χ1v) is 12.0. The third-order valence-corrected chi connectivity index (χ3v) is 5.86. The smallest absolute Gasteiger partial charge is 0.138 e. The van der Waals surface area contributed by atoms with Gasteiger partial charge in [0.25, 0.3) is 0 Å². The SMILES string of the molecule is CC(N)c1nc2ccc(F)cc2n1-c1ccccn1.C[C@H](N)c1nc2cc(F)ccc2n1-c1ccccn1. The van der Waals surface area contributed by atoms with Gasteiger partial charge in [-0.05, 0) is 62.4 Å². The van der Waals surface area contributed by atoms with Gasteiger partial charge in [0.05, 0.1) is 34.2 Å². The maximum atomic E-state index is 13.4. The number of halogens is 2. The molecule has 38 heavy (non-hydrogen) atoms. The molecule has 4 heterocycles. The van der Waals surface area contributed by atoms with Crippen LogP contribution >= 0.6 is 0 Å². The molecule has 0 saturated carbocycles. The summed E-state index contributed by atoms with van der Waals surface area (Å²) >= 11 is 0. The summed E-state index contributed by atoms with van der Waals surface area (Å²) in [6, 6.07) is 19.6. The Kier molecular flexibility index (Phi) is 6.91. The van der Waals surface area contributed by atoms with Crippen molar-refractivity contribution in [3.8, 4) is 11.6 Å².